The fraction of sp³-hybridized carbons (Fsp3) is 0.467. The number of amides is 2. The summed E-state index contributed by atoms with van der Waals surface area (Å²) in [6.07, 6.45) is 5.56. The number of carbonyl (C=O) groups excluding carboxylic acids is 2. The van der Waals surface area contributed by atoms with Crippen LogP contribution >= 0.6 is 11.3 Å². The molecule has 1 aliphatic heterocycles. The van der Waals surface area contributed by atoms with Crippen LogP contribution in [0.3, 0.4) is 0 Å². The molecule has 0 radical (unpaired) electrons. The lowest BCUT2D eigenvalue weighted by Crippen LogP contribution is -2.46. The Morgan fingerprint density at radius 1 is 1.50 bits per heavy atom. The van der Waals surface area contributed by atoms with Crippen molar-refractivity contribution in [3.63, 3.8) is 0 Å². The Morgan fingerprint density at radius 3 is 3.10 bits per heavy atom. The second-order valence-electron chi connectivity index (χ2n) is 5.56. The predicted molar refractivity (Wildman–Crippen MR) is 78.4 cm³/mol. The van der Waals surface area contributed by atoms with Crippen molar-refractivity contribution in [3.05, 3.63) is 34.2 Å². The fourth-order valence-electron chi connectivity index (χ4n) is 3.24. The van der Waals surface area contributed by atoms with Crippen LogP contribution in [0.15, 0.2) is 28.6 Å². The summed E-state index contributed by atoms with van der Waals surface area (Å²) in [4.78, 5) is 25.6. The van der Waals surface area contributed by atoms with Crippen molar-refractivity contribution in [2.24, 2.45) is 5.41 Å². The summed E-state index contributed by atoms with van der Waals surface area (Å²) in [5.41, 5.74) is 1.77. The van der Waals surface area contributed by atoms with Crippen LogP contribution in [0, 0.1) is 5.41 Å². The monoisotopic (exact) mass is 290 g/mol. The smallest absolute Gasteiger partial charge is 0.252 e. The highest BCUT2D eigenvalue weighted by molar-refractivity contribution is 7.08. The molecule has 1 N–H and O–H groups in total. The molecule has 1 atom stereocenters. The van der Waals surface area contributed by atoms with Gasteiger partial charge in [-0.1, -0.05) is 6.08 Å². The summed E-state index contributed by atoms with van der Waals surface area (Å²) in [5.74, 6) is 0.157. The second-order valence-corrected chi connectivity index (χ2v) is 6.34. The highest BCUT2D eigenvalue weighted by atomic mass is 32.1. The van der Waals surface area contributed by atoms with Gasteiger partial charge >= 0.3 is 0 Å². The van der Waals surface area contributed by atoms with Gasteiger partial charge < -0.3 is 10.2 Å². The molecular weight excluding hydrogens is 272 g/mol. The maximum absolute atomic E-state index is 12.1. The molecule has 2 amide bonds. The van der Waals surface area contributed by atoms with Crippen LogP contribution in [-0.2, 0) is 4.79 Å². The first-order chi connectivity index (χ1) is 9.62. The topological polar surface area (TPSA) is 49.4 Å². The van der Waals surface area contributed by atoms with Crippen molar-refractivity contribution in [1.82, 2.24) is 10.2 Å². The first-order valence-electron chi connectivity index (χ1n) is 6.90. The maximum atomic E-state index is 12.1. The van der Waals surface area contributed by atoms with Crippen LogP contribution in [0.5, 0.6) is 0 Å². The van der Waals surface area contributed by atoms with E-state index < -0.39 is 0 Å². The zero-order valence-corrected chi connectivity index (χ0v) is 12.3. The number of nitrogens with zero attached hydrogens (tertiary/aromatic N) is 1. The highest BCUT2D eigenvalue weighted by Gasteiger charge is 2.44. The van der Waals surface area contributed by atoms with Gasteiger partial charge in [-0.15, -0.1) is 0 Å². The zero-order valence-electron chi connectivity index (χ0n) is 11.5. The first-order valence-corrected chi connectivity index (χ1v) is 7.84. The number of carbonyl (C=O) groups is 2. The third-order valence-corrected chi connectivity index (χ3v) is 5.11. The van der Waals surface area contributed by atoms with Crippen molar-refractivity contribution in [1.29, 1.82) is 0 Å². The molecule has 0 aromatic carbocycles. The van der Waals surface area contributed by atoms with Gasteiger partial charge in [-0.3, -0.25) is 9.59 Å². The van der Waals surface area contributed by atoms with Crippen molar-refractivity contribution in [2.45, 2.75) is 25.7 Å². The number of thiophene rings is 1. The Kier molecular flexibility index (Phi) is 3.38. The number of nitrogens with one attached hydrogen (secondary N) is 1. The standard InChI is InChI=1S/C15H18N2O2S/c1-17-12-3-2-6-15(12,7-4-13(17)18)10-16-14(19)11-5-8-20-9-11/h3,5,8-9H,2,4,6-7,10H2,1H3,(H,16,19). The largest absolute Gasteiger partial charge is 0.351 e. The fourth-order valence-corrected chi connectivity index (χ4v) is 3.87. The van der Waals surface area contributed by atoms with Gasteiger partial charge in [0.25, 0.3) is 5.91 Å². The Morgan fingerprint density at radius 2 is 2.35 bits per heavy atom. The van der Waals surface area contributed by atoms with E-state index in [9.17, 15) is 9.59 Å². The molecule has 20 heavy (non-hydrogen) atoms. The van der Waals surface area contributed by atoms with E-state index in [0.717, 1.165) is 30.5 Å². The Labute approximate surface area is 122 Å². The molecule has 3 rings (SSSR count). The van der Waals surface area contributed by atoms with Crippen LogP contribution in [-0.4, -0.2) is 30.3 Å². The van der Waals surface area contributed by atoms with Crippen LogP contribution in [0.4, 0.5) is 0 Å². The number of rotatable bonds is 3. The van der Waals surface area contributed by atoms with E-state index in [1.807, 2.05) is 23.9 Å². The molecule has 1 aromatic rings. The number of fused-ring (bicyclic) bond motifs is 1. The average Bonchev–Trinajstić information content (AvgIpc) is 3.10. The lowest BCUT2D eigenvalue weighted by molar-refractivity contribution is -0.131. The molecule has 1 aromatic heterocycles. The van der Waals surface area contributed by atoms with Crippen LogP contribution < -0.4 is 5.32 Å². The van der Waals surface area contributed by atoms with Crippen LogP contribution in [0.25, 0.3) is 0 Å². The molecule has 2 heterocycles. The lowest BCUT2D eigenvalue weighted by atomic mass is 9.77. The van der Waals surface area contributed by atoms with E-state index in [1.54, 1.807) is 4.90 Å². The minimum absolute atomic E-state index is 0.0218. The highest BCUT2D eigenvalue weighted by Crippen LogP contribution is 2.46. The van der Waals surface area contributed by atoms with Gasteiger partial charge in [0.2, 0.25) is 5.91 Å². The van der Waals surface area contributed by atoms with Crippen molar-refractivity contribution in [3.8, 4) is 0 Å². The summed E-state index contributed by atoms with van der Waals surface area (Å²) in [6.45, 7) is 0.616. The normalized spacial score (nSPS) is 25.4. The molecule has 106 valence electrons. The van der Waals surface area contributed by atoms with Crippen molar-refractivity contribution >= 4 is 23.2 Å². The van der Waals surface area contributed by atoms with Gasteiger partial charge in [-0.2, -0.15) is 11.3 Å². The molecule has 0 spiro atoms. The molecule has 0 bridgehead atoms. The summed E-state index contributed by atoms with van der Waals surface area (Å²) in [5, 5.41) is 6.80. The Hall–Kier alpha value is -1.62. The molecule has 4 nitrogen and oxygen atoms in total. The predicted octanol–water partition coefficient (Wildman–Crippen LogP) is 2.39. The van der Waals surface area contributed by atoms with E-state index in [1.165, 1.54) is 11.3 Å². The SMILES string of the molecule is CN1C(=O)CCC2(CNC(=O)c3ccsc3)CCC=C12. The summed E-state index contributed by atoms with van der Waals surface area (Å²) in [6, 6.07) is 1.83. The van der Waals surface area contributed by atoms with Crippen LogP contribution in [0.2, 0.25) is 0 Å². The van der Waals surface area contributed by atoms with E-state index in [-0.39, 0.29) is 17.2 Å². The third-order valence-electron chi connectivity index (χ3n) is 4.43. The Balaban J connectivity index is 1.72. The van der Waals surface area contributed by atoms with Gasteiger partial charge in [0.05, 0.1) is 0 Å². The molecule has 1 fully saturated rings. The van der Waals surface area contributed by atoms with E-state index in [4.69, 9.17) is 0 Å². The molecule has 1 aliphatic carbocycles. The second kappa shape index (κ2) is 5.05. The van der Waals surface area contributed by atoms with E-state index in [0.29, 0.717) is 13.0 Å². The van der Waals surface area contributed by atoms with Gasteiger partial charge in [0.1, 0.15) is 0 Å². The molecule has 1 unspecified atom stereocenters. The third kappa shape index (κ3) is 2.16. The number of hydrogen-bond acceptors (Lipinski definition) is 3. The molecule has 2 aliphatic rings. The van der Waals surface area contributed by atoms with Gasteiger partial charge in [-0.05, 0) is 30.7 Å². The van der Waals surface area contributed by atoms with Crippen LogP contribution in [0.1, 0.15) is 36.0 Å². The number of piperidine rings is 1. The number of likely N-dealkylation sites (tertiary alicyclic amines) is 1. The molecule has 5 heteroatoms. The summed E-state index contributed by atoms with van der Waals surface area (Å²) in [7, 11) is 1.84. The van der Waals surface area contributed by atoms with E-state index in [2.05, 4.69) is 11.4 Å². The van der Waals surface area contributed by atoms with Gasteiger partial charge in [0.15, 0.2) is 0 Å². The van der Waals surface area contributed by atoms with Gasteiger partial charge in [-0.25, -0.2) is 0 Å². The number of allylic oxidation sites excluding steroid dienone is 1. The number of hydrogen-bond donors (Lipinski definition) is 1. The minimum Gasteiger partial charge on any atom is -0.351 e. The minimum atomic E-state index is -0.0473. The van der Waals surface area contributed by atoms with Crippen molar-refractivity contribution < 1.29 is 9.59 Å². The summed E-state index contributed by atoms with van der Waals surface area (Å²) < 4.78 is 0. The van der Waals surface area contributed by atoms with Gasteiger partial charge in [0, 0.05) is 42.1 Å². The van der Waals surface area contributed by atoms with E-state index >= 15 is 0 Å². The average molecular weight is 290 g/mol. The summed E-state index contributed by atoms with van der Waals surface area (Å²) >= 11 is 1.52. The Bertz CT molecular complexity index is 564. The first kappa shape index (κ1) is 13.4. The molecule has 0 saturated carbocycles. The van der Waals surface area contributed by atoms with Crippen molar-refractivity contribution in [2.75, 3.05) is 13.6 Å². The molecule has 1 saturated heterocycles. The quantitative estimate of drug-likeness (QED) is 0.929. The maximum Gasteiger partial charge on any atom is 0.252 e. The zero-order chi connectivity index (χ0) is 14.2. The molecular formula is C15H18N2O2S. The lowest BCUT2D eigenvalue weighted by Gasteiger charge is -2.41.